The molecule has 0 aliphatic heterocycles. The van der Waals surface area contributed by atoms with Gasteiger partial charge in [-0.25, -0.2) is 0 Å². The van der Waals surface area contributed by atoms with Gasteiger partial charge in [0.05, 0.1) is 6.10 Å². The van der Waals surface area contributed by atoms with Crippen LogP contribution in [-0.2, 0) is 16.6 Å². The van der Waals surface area contributed by atoms with Gasteiger partial charge in [-0.15, -0.1) is 0 Å². The predicted molar refractivity (Wildman–Crippen MR) is 107 cm³/mol. The Morgan fingerprint density at radius 2 is 1.64 bits per heavy atom. The molecule has 1 unspecified atom stereocenters. The van der Waals surface area contributed by atoms with Crippen LogP contribution in [0.3, 0.4) is 0 Å². The lowest BCUT2D eigenvalue weighted by Crippen LogP contribution is -2.29. The molecule has 0 heterocycles. The third-order valence-electron chi connectivity index (χ3n) is 4.25. The normalized spacial score (nSPS) is 12.3. The number of amides is 1. The molecule has 0 aliphatic rings. The highest BCUT2D eigenvalue weighted by Gasteiger charge is 2.14. The molecular formula is C22H27NO5. The molecular weight excluding hydrogens is 358 g/mol. The van der Waals surface area contributed by atoms with E-state index in [2.05, 4.69) is 38.2 Å². The molecule has 2 rings (SSSR count). The van der Waals surface area contributed by atoms with Gasteiger partial charge in [-0.05, 0) is 40.8 Å². The lowest BCUT2D eigenvalue weighted by atomic mass is 9.86. The maximum Gasteiger partial charge on any atom is 0.322 e. The average Bonchev–Trinajstić information content (AvgIpc) is 2.64. The van der Waals surface area contributed by atoms with Gasteiger partial charge in [0, 0.05) is 12.0 Å². The molecule has 0 spiro atoms. The van der Waals surface area contributed by atoms with Crippen LogP contribution in [0, 0.1) is 0 Å². The fourth-order valence-corrected chi connectivity index (χ4v) is 2.62. The molecule has 0 fully saturated rings. The highest BCUT2D eigenvalue weighted by atomic mass is 16.5. The van der Waals surface area contributed by atoms with Gasteiger partial charge in [-0.1, -0.05) is 45.0 Å². The number of nitrogens with one attached hydrogen (secondary N) is 1. The zero-order valence-electron chi connectivity index (χ0n) is 16.4. The van der Waals surface area contributed by atoms with E-state index in [4.69, 9.17) is 9.84 Å². The molecule has 1 atom stereocenters. The second-order valence-electron chi connectivity index (χ2n) is 7.72. The summed E-state index contributed by atoms with van der Waals surface area (Å²) in [4.78, 5) is 22.2. The fourth-order valence-electron chi connectivity index (χ4n) is 2.62. The van der Waals surface area contributed by atoms with Crippen LogP contribution < -0.4 is 10.1 Å². The van der Waals surface area contributed by atoms with E-state index in [1.54, 1.807) is 24.3 Å². The molecule has 0 aliphatic carbocycles. The smallest absolute Gasteiger partial charge is 0.322 e. The van der Waals surface area contributed by atoms with Gasteiger partial charge in [-0.3, -0.25) is 9.59 Å². The average molecular weight is 385 g/mol. The maximum atomic E-state index is 11.8. The second kappa shape index (κ2) is 9.37. The molecule has 6 heteroatoms. The van der Waals surface area contributed by atoms with Crippen molar-refractivity contribution in [3.05, 3.63) is 65.2 Å². The Morgan fingerprint density at radius 3 is 2.18 bits per heavy atom. The molecule has 6 nitrogen and oxygen atoms in total. The number of hydrogen-bond donors (Lipinski definition) is 3. The van der Waals surface area contributed by atoms with Crippen LogP contribution in [-0.4, -0.2) is 41.3 Å². The third-order valence-corrected chi connectivity index (χ3v) is 4.25. The summed E-state index contributed by atoms with van der Waals surface area (Å²) < 4.78 is 5.58. The molecule has 0 radical (unpaired) electrons. The van der Waals surface area contributed by atoms with Gasteiger partial charge in [0.2, 0.25) is 0 Å². The van der Waals surface area contributed by atoms with Crippen molar-refractivity contribution in [1.82, 2.24) is 5.32 Å². The molecule has 0 saturated carbocycles. The Labute approximate surface area is 165 Å². The summed E-state index contributed by atoms with van der Waals surface area (Å²) in [7, 11) is 0. The van der Waals surface area contributed by atoms with E-state index in [1.807, 2.05) is 12.1 Å². The minimum atomic E-state index is -1.10. The van der Waals surface area contributed by atoms with E-state index in [0.29, 0.717) is 17.7 Å². The number of carbonyl (C=O) groups is 2. The Kier molecular flexibility index (Phi) is 7.18. The number of carbonyl (C=O) groups excluding carboxylic acids is 1. The van der Waals surface area contributed by atoms with Gasteiger partial charge in [0.1, 0.15) is 18.9 Å². The number of carboxylic acids is 1. The van der Waals surface area contributed by atoms with Crippen LogP contribution in [0.15, 0.2) is 48.5 Å². The van der Waals surface area contributed by atoms with Gasteiger partial charge in [-0.2, -0.15) is 0 Å². The first-order valence-corrected chi connectivity index (χ1v) is 9.15. The summed E-state index contributed by atoms with van der Waals surface area (Å²) in [5.74, 6) is -1.04. The summed E-state index contributed by atoms with van der Waals surface area (Å²) in [6.07, 6.45) is -0.167. The highest BCUT2D eigenvalue weighted by Crippen LogP contribution is 2.22. The van der Waals surface area contributed by atoms with E-state index in [9.17, 15) is 14.7 Å². The molecule has 0 aromatic heterocycles. The van der Waals surface area contributed by atoms with Crippen LogP contribution in [0.2, 0.25) is 0 Å². The minimum absolute atomic E-state index is 0.0942. The zero-order chi connectivity index (χ0) is 20.7. The van der Waals surface area contributed by atoms with Crippen molar-refractivity contribution in [3.8, 4) is 5.75 Å². The van der Waals surface area contributed by atoms with Crippen molar-refractivity contribution in [2.75, 3.05) is 13.2 Å². The van der Waals surface area contributed by atoms with Crippen LogP contribution >= 0.6 is 0 Å². The van der Waals surface area contributed by atoms with Gasteiger partial charge >= 0.3 is 5.97 Å². The molecule has 3 N–H and O–H groups in total. The Morgan fingerprint density at radius 1 is 1.04 bits per heavy atom. The van der Waals surface area contributed by atoms with E-state index >= 15 is 0 Å². The third kappa shape index (κ3) is 6.70. The van der Waals surface area contributed by atoms with E-state index in [1.165, 1.54) is 5.56 Å². The number of benzene rings is 2. The molecule has 0 bridgehead atoms. The van der Waals surface area contributed by atoms with Crippen molar-refractivity contribution in [1.29, 1.82) is 0 Å². The summed E-state index contributed by atoms with van der Waals surface area (Å²) in [5.41, 5.74) is 2.72. The first-order chi connectivity index (χ1) is 13.1. The first kappa shape index (κ1) is 21.4. The zero-order valence-corrected chi connectivity index (χ0v) is 16.4. The Hall–Kier alpha value is -2.86. The number of aliphatic hydroxyl groups excluding tert-OH is 1. The summed E-state index contributed by atoms with van der Waals surface area (Å²) >= 11 is 0. The Balaban J connectivity index is 1.83. The van der Waals surface area contributed by atoms with E-state index < -0.39 is 24.5 Å². The summed E-state index contributed by atoms with van der Waals surface area (Å²) in [6, 6.07) is 14.5. The number of aliphatic carboxylic acids is 1. The lowest BCUT2D eigenvalue weighted by Gasteiger charge is -2.19. The maximum absolute atomic E-state index is 11.8. The first-order valence-electron chi connectivity index (χ1n) is 9.15. The number of rotatable bonds is 8. The standard InChI is InChI=1S/C22H27NO5/c1-22(2,3)17-8-4-15(5-9-17)12-18(24)14-28-19-10-6-16(7-11-19)21(27)23-13-20(25)26/h4-11,18,24H,12-14H2,1-3H3,(H,23,27)(H,25,26). The Bertz CT molecular complexity index is 791. The van der Waals surface area contributed by atoms with Crippen LogP contribution in [0.5, 0.6) is 5.75 Å². The van der Waals surface area contributed by atoms with E-state index in [-0.39, 0.29) is 12.0 Å². The predicted octanol–water partition coefficient (Wildman–Crippen LogP) is 2.78. The number of ether oxygens (including phenoxy) is 1. The van der Waals surface area contributed by atoms with Crippen LogP contribution in [0.25, 0.3) is 0 Å². The van der Waals surface area contributed by atoms with Crippen molar-refractivity contribution in [2.24, 2.45) is 0 Å². The van der Waals surface area contributed by atoms with Gasteiger partial charge in [0.25, 0.3) is 5.91 Å². The monoisotopic (exact) mass is 385 g/mol. The van der Waals surface area contributed by atoms with Crippen molar-refractivity contribution in [3.63, 3.8) is 0 Å². The molecule has 1 amide bonds. The molecule has 0 saturated heterocycles. The molecule has 2 aromatic rings. The minimum Gasteiger partial charge on any atom is -0.491 e. The van der Waals surface area contributed by atoms with E-state index in [0.717, 1.165) is 5.56 Å². The summed E-state index contributed by atoms with van der Waals surface area (Å²) in [5, 5.41) is 21.1. The quantitative estimate of drug-likeness (QED) is 0.649. The van der Waals surface area contributed by atoms with Crippen LogP contribution in [0.4, 0.5) is 0 Å². The molecule has 2 aromatic carbocycles. The van der Waals surface area contributed by atoms with Crippen molar-refractivity contribution in [2.45, 2.75) is 38.7 Å². The topological polar surface area (TPSA) is 95.9 Å². The van der Waals surface area contributed by atoms with Gasteiger partial charge < -0.3 is 20.3 Å². The number of hydrogen-bond acceptors (Lipinski definition) is 4. The summed E-state index contributed by atoms with van der Waals surface area (Å²) in [6.45, 7) is 6.18. The fraction of sp³-hybridized carbons (Fsp3) is 0.364. The van der Waals surface area contributed by atoms with Gasteiger partial charge in [0.15, 0.2) is 0 Å². The second-order valence-corrected chi connectivity index (χ2v) is 7.72. The number of aliphatic hydroxyl groups is 1. The van der Waals surface area contributed by atoms with Crippen molar-refractivity contribution >= 4 is 11.9 Å². The lowest BCUT2D eigenvalue weighted by molar-refractivity contribution is -0.135. The van der Waals surface area contributed by atoms with Crippen molar-refractivity contribution < 1.29 is 24.5 Å². The number of carboxylic acid groups (broad SMARTS) is 1. The molecule has 28 heavy (non-hydrogen) atoms. The SMILES string of the molecule is CC(C)(C)c1ccc(CC(O)COc2ccc(C(=O)NCC(=O)O)cc2)cc1. The largest absolute Gasteiger partial charge is 0.491 e. The highest BCUT2D eigenvalue weighted by molar-refractivity contribution is 5.95. The molecule has 150 valence electrons. The van der Waals surface area contributed by atoms with Crippen LogP contribution in [0.1, 0.15) is 42.3 Å².